The molecule has 108 valence electrons. The molecule has 0 saturated carbocycles. The van der Waals surface area contributed by atoms with E-state index in [4.69, 9.17) is 5.73 Å². The number of nitrogens with zero attached hydrogens (tertiary/aromatic N) is 1. The van der Waals surface area contributed by atoms with Gasteiger partial charge in [0, 0.05) is 24.3 Å². The predicted octanol–water partition coefficient (Wildman–Crippen LogP) is 3.03. The fourth-order valence-electron chi connectivity index (χ4n) is 2.96. The first-order chi connectivity index (χ1) is 10.2. The van der Waals surface area contributed by atoms with Crippen LogP contribution in [-0.4, -0.2) is 17.4 Å². The summed E-state index contributed by atoms with van der Waals surface area (Å²) < 4.78 is 0. The van der Waals surface area contributed by atoms with Crippen molar-refractivity contribution in [3.63, 3.8) is 0 Å². The van der Waals surface area contributed by atoms with E-state index < -0.39 is 0 Å². The molecule has 1 aliphatic rings. The zero-order valence-electron chi connectivity index (χ0n) is 12.3. The second kappa shape index (κ2) is 5.60. The first kappa shape index (κ1) is 13.7. The van der Waals surface area contributed by atoms with Crippen LogP contribution in [0, 0.1) is 0 Å². The maximum Gasteiger partial charge on any atom is 0.254 e. The number of benzene rings is 2. The average molecular weight is 280 g/mol. The summed E-state index contributed by atoms with van der Waals surface area (Å²) >= 11 is 0. The molecule has 0 fully saturated rings. The summed E-state index contributed by atoms with van der Waals surface area (Å²) in [6.07, 6.45) is 1.77. The van der Waals surface area contributed by atoms with Crippen LogP contribution in [0.5, 0.6) is 0 Å². The van der Waals surface area contributed by atoms with Gasteiger partial charge in [0.15, 0.2) is 0 Å². The second-order valence-electron chi connectivity index (χ2n) is 5.52. The molecule has 0 bridgehead atoms. The lowest BCUT2D eigenvalue weighted by Gasteiger charge is -2.29. The summed E-state index contributed by atoms with van der Waals surface area (Å²) in [6.45, 7) is 3.50. The number of hydrogen-bond acceptors (Lipinski definition) is 2. The highest BCUT2D eigenvalue weighted by Crippen LogP contribution is 2.23. The van der Waals surface area contributed by atoms with E-state index in [-0.39, 0.29) is 5.91 Å². The van der Waals surface area contributed by atoms with Crippen LogP contribution in [0.3, 0.4) is 0 Å². The Hall–Kier alpha value is -2.29. The standard InChI is InChI=1S/C18H20N2O/c1-2-13-5-3-4-6-17(13)18(21)20-10-9-14-7-8-16(19)11-15(14)12-20/h3-8,11H,2,9-10,12,19H2,1H3. The van der Waals surface area contributed by atoms with E-state index in [0.29, 0.717) is 6.54 Å². The van der Waals surface area contributed by atoms with Crippen molar-refractivity contribution in [3.8, 4) is 0 Å². The number of anilines is 1. The third-order valence-electron chi connectivity index (χ3n) is 4.16. The van der Waals surface area contributed by atoms with Crippen LogP contribution in [0.4, 0.5) is 5.69 Å². The molecule has 3 heteroatoms. The van der Waals surface area contributed by atoms with Crippen molar-refractivity contribution < 1.29 is 4.79 Å². The van der Waals surface area contributed by atoms with E-state index in [2.05, 4.69) is 13.0 Å². The van der Waals surface area contributed by atoms with Crippen LogP contribution in [0.15, 0.2) is 42.5 Å². The Morgan fingerprint density at radius 1 is 1.19 bits per heavy atom. The normalized spacial score (nSPS) is 13.9. The molecule has 1 amide bonds. The highest BCUT2D eigenvalue weighted by molar-refractivity contribution is 5.95. The SMILES string of the molecule is CCc1ccccc1C(=O)N1CCc2ccc(N)cc2C1. The van der Waals surface area contributed by atoms with Gasteiger partial charge in [-0.25, -0.2) is 0 Å². The van der Waals surface area contributed by atoms with E-state index in [1.165, 1.54) is 11.1 Å². The molecule has 0 saturated heterocycles. The quantitative estimate of drug-likeness (QED) is 0.859. The molecular formula is C18H20N2O. The molecular weight excluding hydrogens is 260 g/mol. The first-order valence-corrected chi connectivity index (χ1v) is 7.43. The molecule has 21 heavy (non-hydrogen) atoms. The zero-order chi connectivity index (χ0) is 14.8. The molecule has 3 rings (SSSR count). The number of carbonyl (C=O) groups excluding carboxylic acids is 1. The molecule has 2 aromatic carbocycles. The van der Waals surface area contributed by atoms with Crippen LogP contribution in [0.2, 0.25) is 0 Å². The van der Waals surface area contributed by atoms with Gasteiger partial charge in [-0.1, -0.05) is 31.2 Å². The van der Waals surface area contributed by atoms with Crippen molar-refractivity contribution in [1.82, 2.24) is 4.90 Å². The molecule has 0 unspecified atom stereocenters. The summed E-state index contributed by atoms with van der Waals surface area (Å²) in [5.74, 6) is 0.125. The van der Waals surface area contributed by atoms with Crippen LogP contribution < -0.4 is 5.73 Å². The second-order valence-corrected chi connectivity index (χ2v) is 5.52. The fourth-order valence-corrected chi connectivity index (χ4v) is 2.96. The van der Waals surface area contributed by atoms with Crippen molar-refractivity contribution in [2.75, 3.05) is 12.3 Å². The van der Waals surface area contributed by atoms with Gasteiger partial charge in [0.2, 0.25) is 0 Å². The molecule has 0 aromatic heterocycles. The highest BCUT2D eigenvalue weighted by atomic mass is 16.2. The van der Waals surface area contributed by atoms with Gasteiger partial charge in [-0.3, -0.25) is 4.79 Å². The van der Waals surface area contributed by atoms with Gasteiger partial charge in [0.25, 0.3) is 5.91 Å². The molecule has 0 aliphatic carbocycles. The Labute approximate surface area is 125 Å². The van der Waals surface area contributed by atoms with Gasteiger partial charge in [-0.15, -0.1) is 0 Å². The predicted molar refractivity (Wildman–Crippen MR) is 85.1 cm³/mol. The van der Waals surface area contributed by atoms with Crippen LogP contribution in [-0.2, 0) is 19.4 Å². The van der Waals surface area contributed by atoms with Gasteiger partial charge in [-0.2, -0.15) is 0 Å². The Morgan fingerprint density at radius 2 is 2.00 bits per heavy atom. The minimum absolute atomic E-state index is 0.125. The maximum atomic E-state index is 12.8. The van der Waals surface area contributed by atoms with E-state index in [9.17, 15) is 4.79 Å². The summed E-state index contributed by atoms with van der Waals surface area (Å²) in [5.41, 5.74) is 11.0. The van der Waals surface area contributed by atoms with Crippen LogP contribution in [0.1, 0.15) is 34.0 Å². The van der Waals surface area contributed by atoms with Gasteiger partial charge >= 0.3 is 0 Å². The van der Waals surface area contributed by atoms with Crippen molar-refractivity contribution in [1.29, 1.82) is 0 Å². The topological polar surface area (TPSA) is 46.3 Å². The molecule has 3 nitrogen and oxygen atoms in total. The van der Waals surface area contributed by atoms with Crippen molar-refractivity contribution in [2.45, 2.75) is 26.3 Å². The Morgan fingerprint density at radius 3 is 2.81 bits per heavy atom. The smallest absolute Gasteiger partial charge is 0.254 e. The monoisotopic (exact) mass is 280 g/mol. The molecule has 1 aliphatic heterocycles. The number of nitrogens with two attached hydrogens (primary N) is 1. The van der Waals surface area contributed by atoms with Gasteiger partial charge in [0.05, 0.1) is 0 Å². The highest BCUT2D eigenvalue weighted by Gasteiger charge is 2.23. The van der Waals surface area contributed by atoms with Crippen molar-refractivity contribution in [3.05, 3.63) is 64.7 Å². The Kier molecular flexibility index (Phi) is 3.65. The minimum atomic E-state index is 0.125. The fraction of sp³-hybridized carbons (Fsp3) is 0.278. The van der Waals surface area contributed by atoms with E-state index in [0.717, 1.165) is 36.2 Å². The third-order valence-corrected chi connectivity index (χ3v) is 4.16. The minimum Gasteiger partial charge on any atom is -0.399 e. The van der Waals surface area contributed by atoms with E-state index >= 15 is 0 Å². The average Bonchev–Trinajstić information content (AvgIpc) is 2.53. The third kappa shape index (κ3) is 2.64. The molecule has 2 N–H and O–H groups in total. The maximum absolute atomic E-state index is 12.8. The Balaban J connectivity index is 1.87. The number of hydrogen-bond donors (Lipinski definition) is 1. The number of carbonyl (C=O) groups is 1. The summed E-state index contributed by atoms with van der Waals surface area (Å²) in [6, 6.07) is 13.9. The lowest BCUT2D eigenvalue weighted by Crippen LogP contribution is -2.36. The summed E-state index contributed by atoms with van der Waals surface area (Å²) in [7, 11) is 0. The summed E-state index contributed by atoms with van der Waals surface area (Å²) in [4.78, 5) is 14.7. The number of amides is 1. The number of nitrogen functional groups attached to an aromatic ring is 1. The number of fused-ring (bicyclic) bond motifs is 1. The lowest BCUT2D eigenvalue weighted by molar-refractivity contribution is 0.0733. The van der Waals surface area contributed by atoms with Crippen molar-refractivity contribution in [2.24, 2.45) is 0 Å². The molecule has 1 heterocycles. The van der Waals surface area contributed by atoms with Crippen molar-refractivity contribution >= 4 is 11.6 Å². The van der Waals surface area contributed by atoms with Gasteiger partial charge < -0.3 is 10.6 Å². The van der Waals surface area contributed by atoms with E-state index in [1.807, 2.05) is 41.3 Å². The molecule has 0 radical (unpaired) electrons. The largest absolute Gasteiger partial charge is 0.399 e. The van der Waals surface area contributed by atoms with Crippen LogP contribution in [0.25, 0.3) is 0 Å². The van der Waals surface area contributed by atoms with Gasteiger partial charge in [-0.05, 0) is 47.7 Å². The number of aryl methyl sites for hydroxylation is 1. The molecule has 2 aromatic rings. The lowest BCUT2D eigenvalue weighted by atomic mass is 9.97. The molecule has 0 atom stereocenters. The molecule has 0 spiro atoms. The Bertz CT molecular complexity index is 679. The zero-order valence-corrected chi connectivity index (χ0v) is 12.3. The van der Waals surface area contributed by atoms with Gasteiger partial charge in [0.1, 0.15) is 0 Å². The number of rotatable bonds is 2. The van der Waals surface area contributed by atoms with Crippen LogP contribution >= 0.6 is 0 Å². The summed E-state index contributed by atoms with van der Waals surface area (Å²) in [5, 5.41) is 0. The van der Waals surface area contributed by atoms with E-state index in [1.54, 1.807) is 0 Å². The first-order valence-electron chi connectivity index (χ1n) is 7.43.